The van der Waals surface area contributed by atoms with Crippen molar-refractivity contribution in [2.45, 2.75) is 19.3 Å². The molecule has 1 unspecified atom stereocenters. The molecule has 2 aromatic rings. The van der Waals surface area contributed by atoms with E-state index >= 15 is 0 Å². The molecule has 4 heteroatoms. The number of carbonyl (C=O) groups is 1. The van der Waals surface area contributed by atoms with Gasteiger partial charge in [0.15, 0.2) is 0 Å². The number of nitrogens with one attached hydrogen (secondary N) is 2. The number of amides is 1. The molecule has 0 radical (unpaired) electrons. The van der Waals surface area contributed by atoms with E-state index in [1.165, 1.54) is 12.0 Å². The van der Waals surface area contributed by atoms with Gasteiger partial charge in [0.25, 0.3) is 5.91 Å². The van der Waals surface area contributed by atoms with E-state index in [9.17, 15) is 4.79 Å². The van der Waals surface area contributed by atoms with Gasteiger partial charge in [-0.3, -0.25) is 4.79 Å². The minimum atomic E-state index is -0.149. The Bertz CT molecular complexity index is 661. The van der Waals surface area contributed by atoms with Gasteiger partial charge in [0, 0.05) is 12.2 Å². The van der Waals surface area contributed by atoms with E-state index in [2.05, 4.69) is 22.8 Å². The Labute approximate surface area is 136 Å². The predicted molar refractivity (Wildman–Crippen MR) is 92.2 cm³/mol. The number of ether oxygens (including phenoxy) is 1. The largest absolute Gasteiger partial charge is 0.493 e. The molecular formula is C19H22N2O2. The van der Waals surface area contributed by atoms with E-state index < -0.39 is 0 Å². The third kappa shape index (κ3) is 3.71. The second kappa shape index (κ2) is 7.29. The van der Waals surface area contributed by atoms with Crippen molar-refractivity contribution in [1.82, 2.24) is 5.32 Å². The van der Waals surface area contributed by atoms with Gasteiger partial charge in [-0.1, -0.05) is 24.3 Å². The van der Waals surface area contributed by atoms with Gasteiger partial charge in [-0.15, -0.1) is 0 Å². The summed E-state index contributed by atoms with van der Waals surface area (Å²) in [4.78, 5) is 12.4. The molecule has 2 aromatic carbocycles. The van der Waals surface area contributed by atoms with Crippen molar-refractivity contribution in [2.24, 2.45) is 0 Å². The van der Waals surface area contributed by atoms with Crippen LogP contribution in [0.4, 0.5) is 5.69 Å². The van der Waals surface area contributed by atoms with Gasteiger partial charge in [-0.05, 0) is 55.6 Å². The molecule has 0 spiro atoms. The highest BCUT2D eigenvalue weighted by Gasteiger charge is 2.16. The van der Waals surface area contributed by atoms with E-state index in [-0.39, 0.29) is 5.91 Å². The summed E-state index contributed by atoms with van der Waals surface area (Å²) in [7, 11) is 0. The zero-order valence-electron chi connectivity index (χ0n) is 13.3. The first-order valence-electron chi connectivity index (χ1n) is 8.12. The molecule has 1 amide bonds. The number of anilines is 1. The van der Waals surface area contributed by atoms with Crippen LogP contribution < -0.4 is 15.4 Å². The van der Waals surface area contributed by atoms with Gasteiger partial charge in [0.05, 0.1) is 12.2 Å². The van der Waals surface area contributed by atoms with E-state index in [1.54, 1.807) is 6.07 Å². The van der Waals surface area contributed by atoms with Crippen molar-refractivity contribution in [3.63, 3.8) is 0 Å². The number of hydrogen-bond acceptors (Lipinski definition) is 3. The summed E-state index contributed by atoms with van der Waals surface area (Å²) in [5.41, 5.74) is 2.68. The van der Waals surface area contributed by atoms with Crippen LogP contribution in [0.15, 0.2) is 48.5 Å². The summed E-state index contributed by atoms with van der Waals surface area (Å²) in [5, 5.41) is 6.31. The fourth-order valence-electron chi connectivity index (χ4n) is 2.91. The third-order valence-electron chi connectivity index (χ3n) is 4.13. The molecule has 0 saturated carbocycles. The lowest BCUT2D eigenvalue weighted by molar-refractivity contribution is 0.102. The van der Waals surface area contributed by atoms with Crippen LogP contribution >= 0.6 is 0 Å². The van der Waals surface area contributed by atoms with Crippen LogP contribution in [0.2, 0.25) is 0 Å². The topological polar surface area (TPSA) is 50.4 Å². The van der Waals surface area contributed by atoms with Crippen molar-refractivity contribution in [3.05, 3.63) is 59.7 Å². The molecule has 1 saturated heterocycles. The molecule has 4 nitrogen and oxygen atoms in total. The Morgan fingerprint density at radius 3 is 2.70 bits per heavy atom. The summed E-state index contributed by atoms with van der Waals surface area (Å²) in [6.07, 6.45) is 1.17. The van der Waals surface area contributed by atoms with Gasteiger partial charge < -0.3 is 15.4 Å². The molecule has 1 atom stereocenters. The lowest BCUT2D eigenvalue weighted by Crippen LogP contribution is -2.13. The van der Waals surface area contributed by atoms with Crippen LogP contribution in [0.1, 0.15) is 35.2 Å². The molecule has 0 aromatic heterocycles. The molecule has 0 bridgehead atoms. The van der Waals surface area contributed by atoms with Crippen LogP contribution in [-0.2, 0) is 0 Å². The zero-order chi connectivity index (χ0) is 16.1. The predicted octanol–water partition coefficient (Wildman–Crippen LogP) is 3.41. The number of benzene rings is 2. The second-order valence-corrected chi connectivity index (χ2v) is 5.70. The average Bonchev–Trinajstić information content (AvgIpc) is 3.11. The summed E-state index contributed by atoms with van der Waals surface area (Å²) < 4.78 is 5.51. The summed E-state index contributed by atoms with van der Waals surface area (Å²) in [6.45, 7) is 4.56. The van der Waals surface area contributed by atoms with Gasteiger partial charge >= 0.3 is 0 Å². The first kappa shape index (κ1) is 15.6. The highest BCUT2D eigenvalue weighted by atomic mass is 16.5. The van der Waals surface area contributed by atoms with Crippen molar-refractivity contribution in [2.75, 3.05) is 25.0 Å². The van der Waals surface area contributed by atoms with Crippen LogP contribution in [0.25, 0.3) is 0 Å². The number of para-hydroxylation sites is 1. The third-order valence-corrected chi connectivity index (χ3v) is 4.13. The van der Waals surface area contributed by atoms with Crippen molar-refractivity contribution < 1.29 is 9.53 Å². The minimum absolute atomic E-state index is 0.149. The highest BCUT2D eigenvalue weighted by molar-refractivity contribution is 6.06. The normalized spacial score (nSPS) is 17.0. The first-order chi connectivity index (χ1) is 11.3. The maximum absolute atomic E-state index is 12.4. The minimum Gasteiger partial charge on any atom is -0.493 e. The maximum atomic E-state index is 12.4. The molecule has 23 heavy (non-hydrogen) atoms. The molecule has 1 aliphatic heterocycles. The van der Waals surface area contributed by atoms with Crippen LogP contribution in [0, 0.1) is 0 Å². The smallest absolute Gasteiger partial charge is 0.259 e. The lowest BCUT2D eigenvalue weighted by atomic mass is 9.98. The Morgan fingerprint density at radius 2 is 2.00 bits per heavy atom. The van der Waals surface area contributed by atoms with Crippen molar-refractivity contribution in [1.29, 1.82) is 0 Å². The SMILES string of the molecule is CCOc1ccccc1C(=O)Nc1ccc(C2CCNC2)cc1. The summed E-state index contributed by atoms with van der Waals surface area (Å²) in [5.74, 6) is 1.05. The van der Waals surface area contributed by atoms with E-state index in [4.69, 9.17) is 4.74 Å². The van der Waals surface area contributed by atoms with Gasteiger partial charge in [-0.2, -0.15) is 0 Å². The summed E-state index contributed by atoms with van der Waals surface area (Å²) >= 11 is 0. The fraction of sp³-hybridized carbons (Fsp3) is 0.316. The maximum Gasteiger partial charge on any atom is 0.259 e. The van der Waals surface area contributed by atoms with Crippen LogP contribution in [0.3, 0.4) is 0 Å². The Morgan fingerprint density at radius 1 is 1.22 bits per heavy atom. The van der Waals surface area contributed by atoms with Crippen molar-refractivity contribution in [3.8, 4) is 5.75 Å². The molecule has 1 aliphatic rings. The molecule has 1 heterocycles. The van der Waals surface area contributed by atoms with E-state index in [0.29, 0.717) is 23.8 Å². The molecule has 120 valence electrons. The van der Waals surface area contributed by atoms with Crippen LogP contribution in [0.5, 0.6) is 5.75 Å². The fourth-order valence-corrected chi connectivity index (χ4v) is 2.91. The average molecular weight is 310 g/mol. The summed E-state index contributed by atoms with van der Waals surface area (Å²) in [6, 6.07) is 15.4. The second-order valence-electron chi connectivity index (χ2n) is 5.70. The molecule has 3 rings (SSSR count). The number of carbonyl (C=O) groups excluding carboxylic acids is 1. The Kier molecular flexibility index (Phi) is 4.93. The Balaban J connectivity index is 1.70. The molecule has 1 fully saturated rings. The molecular weight excluding hydrogens is 288 g/mol. The Hall–Kier alpha value is -2.33. The quantitative estimate of drug-likeness (QED) is 0.890. The standard InChI is InChI=1S/C19H22N2O2/c1-2-23-18-6-4-3-5-17(18)19(22)21-16-9-7-14(8-10-16)15-11-12-20-13-15/h3-10,15,20H,2,11-13H2,1H3,(H,21,22). The van der Waals surface area contributed by atoms with Crippen molar-refractivity contribution >= 4 is 11.6 Å². The first-order valence-corrected chi connectivity index (χ1v) is 8.12. The lowest BCUT2D eigenvalue weighted by Gasteiger charge is -2.12. The van der Waals surface area contributed by atoms with Gasteiger partial charge in [-0.25, -0.2) is 0 Å². The monoisotopic (exact) mass is 310 g/mol. The number of hydrogen-bond donors (Lipinski definition) is 2. The highest BCUT2D eigenvalue weighted by Crippen LogP contribution is 2.24. The number of rotatable bonds is 5. The van der Waals surface area contributed by atoms with E-state index in [1.807, 2.05) is 37.3 Å². The molecule has 2 N–H and O–H groups in total. The van der Waals surface area contributed by atoms with Crippen LogP contribution in [-0.4, -0.2) is 25.6 Å². The van der Waals surface area contributed by atoms with E-state index in [0.717, 1.165) is 18.8 Å². The molecule has 0 aliphatic carbocycles. The van der Waals surface area contributed by atoms with Gasteiger partial charge in [0.1, 0.15) is 5.75 Å². The zero-order valence-corrected chi connectivity index (χ0v) is 13.3. The van der Waals surface area contributed by atoms with Gasteiger partial charge in [0.2, 0.25) is 0 Å².